The molecule has 0 aromatic heterocycles. The van der Waals surface area contributed by atoms with Gasteiger partial charge in [-0.3, -0.25) is 14.0 Å². The van der Waals surface area contributed by atoms with Crippen molar-refractivity contribution in [2.24, 2.45) is 0 Å². The highest BCUT2D eigenvalue weighted by atomic mass is 32.2. The summed E-state index contributed by atoms with van der Waals surface area (Å²) in [4.78, 5) is 17.3. The quantitative estimate of drug-likeness (QED) is 0.643. The fourth-order valence-electron chi connectivity index (χ4n) is 3.98. The van der Waals surface area contributed by atoms with Crippen LogP contribution in [0.15, 0.2) is 54.6 Å². The number of sulfonamides is 1. The van der Waals surface area contributed by atoms with E-state index in [0.29, 0.717) is 18.8 Å². The second-order valence-corrected chi connectivity index (χ2v) is 10.3. The zero-order chi connectivity index (χ0) is 23.3. The first kappa shape index (κ1) is 24.0. The van der Waals surface area contributed by atoms with Crippen LogP contribution in [0.25, 0.3) is 6.08 Å². The standard InChI is InChI=1S/C25H33N3O3S/c1-20-12-13-24(19-21(20)2)28(32(4,30)31)22(3)25(29)27-17-15-26(16-18-27)14-8-11-23-9-6-5-7-10-23/h5-13,19,22H,14-18H2,1-4H3/b11-8+/t22-/m1/s1. The molecule has 2 aromatic carbocycles. The fourth-order valence-corrected chi connectivity index (χ4v) is 5.14. The molecule has 1 saturated heterocycles. The number of amides is 1. The van der Waals surface area contributed by atoms with Gasteiger partial charge in [-0.25, -0.2) is 8.42 Å². The fraction of sp³-hybridized carbons (Fsp3) is 0.400. The van der Waals surface area contributed by atoms with Crippen molar-refractivity contribution in [3.63, 3.8) is 0 Å². The van der Waals surface area contributed by atoms with E-state index in [1.807, 2.05) is 44.2 Å². The van der Waals surface area contributed by atoms with Gasteiger partial charge in [0.2, 0.25) is 15.9 Å². The predicted molar refractivity (Wildman–Crippen MR) is 131 cm³/mol. The van der Waals surface area contributed by atoms with Gasteiger partial charge in [-0.15, -0.1) is 0 Å². The molecular formula is C25H33N3O3S. The summed E-state index contributed by atoms with van der Waals surface area (Å²) < 4.78 is 26.4. The maximum atomic E-state index is 13.2. The molecule has 1 aliphatic rings. The Morgan fingerprint density at radius 3 is 2.28 bits per heavy atom. The van der Waals surface area contributed by atoms with E-state index >= 15 is 0 Å². The average molecular weight is 456 g/mol. The number of nitrogens with zero attached hydrogens (tertiary/aromatic N) is 3. The first-order valence-corrected chi connectivity index (χ1v) is 12.8. The van der Waals surface area contributed by atoms with E-state index < -0.39 is 16.1 Å². The number of carbonyl (C=O) groups excluding carboxylic acids is 1. The van der Waals surface area contributed by atoms with Crippen LogP contribution >= 0.6 is 0 Å². The summed E-state index contributed by atoms with van der Waals surface area (Å²) >= 11 is 0. The summed E-state index contributed by atoms with van der Waals surface area (Å²) in [5.74, 6) is -0.159. The van der Waals surface area contributed by atoms with Crippen LogP contribution < -0.4 is 4.31 Å². The van der Waals surface area contributed by atoms with Gasteiger partial charge in [0.1, 0.15) is 6.04 Å². The number of hydrogen-bond donors (Lipinski definition) is 0. The Hall–Kier alpha value is -2.64. The highest BCUT2D eigenvalue weighted by molar-refractivity contribution is 7.92. The summed E-state index contributed by atoms with van der Waals surface area (Å²) in [6.07, 6.45) is 5.40. The van der Waals surface area contributed by atoms with Crippen LogP contribution in [0.1, 0.15) is 23.6 Å². The third-order valence-corrected chi connectivity index (χ3v) is 7.21. The molecule has 1 aliphatic heterocycles. The molecule has 3 rings (SSSR count). The normalized spacial score (nSPS) is 16.3. The average Bonchev–Trinajstić information content (AvgIpc) is 2.76. The summed E-state index contributed by atoms with van der Waals surface area (Å²) in [5, 5.41) is 0. The maximum absolute atomic E-state index is 13.2. The third-order valence-electron chi connectivity index (χ3n) is 5.97. The number of rotatable bonds is 7. The number of carbonyl (C=O) groups is 1. The molecule has 0 aliphatic carbocycles. The van der Waals surface area contributed by atoms with Crippen molar-refractivity contribution in [1.29, 1.82) is 0 Å². The lowest BCUT2D eigenvalue weighted by atomic mass is 10.1. The summed E-state index contributed by atoms with van der Waals surface area (Å²) in [6.45, 7) is 9.13. The molecule has 0 bridgehead atoms. The molecular weight excluding hydrogens is 422 g/mol. The summed E-state index contributed by atoms with van der Waals surface area (Å²) in [7, 11) is -3.61. The van der Waals surface area contributed by atoms with Crippen LogP contribution in [0, 0.1) is 13.8 Å². The molecule has 6 nitrogen and oxygen atoms in total. The van der Waals surface area contributed by atoms with Gasteiger partial charge in [-0.2, -0.15) is 0 Å². The number of piperazine rings is 1. The molecule has 7 heteroatoms. The second-order valence-electron chi connectivity index (χ2n) is 8.44. The van der Waals surface area contributed by atoms with Gasteiger partial charge in [0.25, 0.3) is 0 Å². The molecule has 0 unspecified atom stereocenters. The molecule has 32 heavy (non-hydrogen) atoms. The van der Waals surface area contributed by atoms with Crippen molar-refractivity contribution < 1.29 is 13.2 Å². The van der Waals surface area contributed by atoms with Gasteiger partial charge in [-0.1, -0.05) is 48.6 Å². The number of benzene rings is 2. The molecule has 1 fully saturated rings. The van der Waals surface area contributed by atoms with Gasteiger partial charge >= 0.3 is 0 Å². The molecule has 172 valence electrons. The molecule has 0 radical (unpaired) electrons. The predicted octanol–water partition coefficient (Wildman–Crippen LogP) is 3.32. The van der Waals surface area contributed by atoms with Gasteiger partial charge in [0.15, 0.2) is 0 Å². The third kappa shape index (κ3) is 5.99. The van der Waals surface area contributed by atoms with Gasteiger partial charge in [0.05, 0.1) is 11.9 Å². The van der Waals surface area contributed by atoms with Gasteiger partial charge in [-0.05, 0) is 49.6 Å². The Labute approximate surface area is 192 Å². The van der Waals surface area contributed by atoms with Crippen LogP contribution in [-0.4, -0.2) is 69.1 Å². The molecule has 0 spiro atoms. The second kappa shape index (κ2) is 10.3. The molecule has 0 saturated carbocycles. The topological polar surface area (TPSA) is 60.9 Å². The number of anilines is 1. The van der Waals surface area contributed by atoms with Crippen LogP contribution in [0.4, 0.5) is 5.69 Å². The summed E-state index contributed by atoms with van der Waals surface area (Å²) in [5.41, 5.74) is 3.77. The lowest BCUT2D eigenvalue weighted by molar-refractivity contribution is -0.133. The molecule has 0 N–H and O–H groups in total. The number of aryl methyl sites for hydroxylation is 2. The largest absolute Gasteiger partial charge is 0.338 e. The van der Waals surface area contributed by atoms with Crippen LogP contribution in [0.2, 0.25) is 0 Å². The van der Waals surface area contributed by atoms with Crippen LogP contribution in [0.5, 0.6) is 0 Å². The van der Waals surface area contributed by atoms with Gasteiger partial charge in [0, 0.05) is 32.7 Å². The zero-order valence-electron chi connectivity index (χ0n) is 19.4. The smallest absolute Gasteiger partial charge is 0.246 e. The lowest BCUT2D eigenvalue weighted by Crippen LogP contribution is -2.55. The van der Waals surface area contributed by atoms with E-state index in [2.05, 4.69) is 29.2 Å². The van der Waals surface area contributed by atoms with E-state index in [1.165, 1.54) is 9.87 Å². The maximum Gasteiger partial charge on any atom is 0.246 e. The lowest BCUT2D eigenvalue weighted by Gasteiger charge is -2.38. The number of hydrogen-bond acceptors (Lipinski definition) is 4. The van der Waals surface area contributed by atoms with Crippen molar-refractivity contribution >= 4 is 27.7 Å². The van der Waals surface area contributed by atoms with Crippen molar-refractivity contribution in [3.05, 3.63) is 71.3 Å². The van der Waals surface area contributed by atoms with E-state index in [0.717, 1.165) is 37.0 Å². The van der Waals surface area contributed by atoms with E-state index in [1.54, 1.807) is 17.9 Å². The highest BCUT2D eigenvalue weighted by Crippen LogP contribution is 2.24. The van der Waals surface area contributed by atoms with Crippen molar-refractivity contribution in [2.45, 2.75) is 26.8 Å². The molecule has 1 heterocycles. The van der Waals surface area contributed by atoms with Crippen LogP contribution in [0.3, 0.4) is 0 Å². The van der Waals surface area contributed by atoms with Crippen molar-refractivity contribution in [3.8, 4) is 0 Å². The monoisotopic (exact) mass is 455 g/mol. The SMILES string of the molecule is Cc1ccc(N([C@H](C)C(=O)N2CCN(C/C=C/c3ccccc3)CC2)S(C)(=O)=O)cc1C. The van der Waals surface area contributed by atoms with Crippen molar-refractivity contribution in [2.75, 3.05) is 43.3 Å². The molecule has 1 atom stereocenters. The Kier molecular flexibility index (Phi) is 7.74. The minimum atomic E-state index is -3.61. The first-order chi connectivity index (χ1) is 15.2. The minimum Gasteiger partial charge on any atom is -0.338 e. The van der Waals surface area contributed by atoms with E-state index in [4.69, 9.17) is 0 Å². The van der Waals surface area contributed by atoms with Crippen LogP contribution in [-0.2, 0) is 14.8 Å². The van der Waals surface area contributed by atoms with E-state index in [9.17, 15) is 13.2 Å². The van der Waals surface area contributed by atoms with Crippen molar-refractivity contribution in [1.82, 2.24) is 9.80 Å². The Bertz CT molecular complexity index is 1060. The Morgan fingerprint density at radius 2 is 1.69 bits per heavy atom. The Balaban J connectivity index is 1.62. The summed E-state index contributed by atoms with van der Waals surface area (Å²) in [6, 6.07) is 14.9. The van der Waals surface area contributed by atoms with Gasteiger partial charge < -0.3 is 4.90 Å². The molecule has 1 amide bonds. The van der Waals surface area contributed by atoms with E-state index in [-0.39, 0.29) is 5.91 Å². The highest BCUT2D eigenvalue weighted by Gasteiger charge is 2.33. The minimum absolute atomic E-state index is 0.159. The zero-order valence-corrected chi connectivity index (χ0v) is 20.2. The Morgan fingerprint density at radius 1 is 1.03 bits per heavy atom. The molecule has 2 aromatic rings. The first-order valence-electron chi connectivity index (χ1n) is 11.0.